The predicted octanol–water partition coefficient (Wildman–Crippen LogP) is 3.96. The third-order valence-corrected chi connectivity index (χ3v) is 4.93. The lowest BCUT2D eigenvalue weighted by atomic mass is 10.2. The first kappa shape index (κ1) is 18.6. The summed E-state index contributed by atoms with van der Waals surface area (Å²) in [6.45, 7) is 1.92. The summed E-state index contributed by atoms with van der Waals surface area (Å²) >= 11 is 5.38. The predicted molar refractivity (Wildman–Crippen MR) is 115 cm³/mol. The Morgan fingerprint density at radius 3 is 2.48 bits per heavy atom. The summed E-state index contributed by atoms with van der Waals surface area (Å²) in [4.78, 5) is 24.9. The monoisotopic (exact) mass is 404 g/mol. The summed E-state index contributed by atoms with van der Waals surface area (Å²) in [5, 5.41) is 14.2. The lowest BCUT2D eigenvalue weighted by Gasteiger charge is -2.16. The van der Waals surface area contributed by atoms with E-state index < -0.39 is 4.92 Å². The van der Waals surface area contributed by atoms with Crippen molar-refractivity contribution in [1.82, 2.24) is 9.88 Å². The topological polar surface area (TPSA) is 80.4 Å². The highest BCUT2D eigenvalue weighted by Gasteiger charge is 2.32. The molecule has 0 aliphatic carbocycles. The standard InChI is InChI=1S/C21H16N4O3S/c1-14-5-2-3-7-19(14)24-20(26)18(22-21(24)29)13-17-6-4-12-23(17)15-8-10-16(11-9-15)25(27)28/h2-13H,1H3,(H,22,29)/b18-13+. The van der Waals surface area contributed by atoms with Crippen molar-refractivity contribution in [2.75, 3.05) is 4.90 Å². The molecule has 0 atom stereocenters. The number of amides is 1. The van der Waals surface area contributed by atoms with E-state index in [1.807, 2.05) is 54.1 Å². The van der Waals surface area contributed by atoms with E-state index >= 15 is 0 Å². The van der Waals surface area contributed by atoms with Crippen LogP contribution in [0.25, 0.3) is 11.8 Å². The van der Waals surface area contributed by atoms with Crippen LogP contribution in [0.3, 0.4) is 0 Å². The number of nitrogens with one attached hydrogen (secondary N) is 1. The molecule has 0 bridgehead atoms. The SMILES string of the molecule is Cc1ccccc1N1C(=O)/C(=C\c2cccn2-c2ccc([N+](=O)[O-])cc2)NC1=S. The van der Waals surface area contributed by atoms with Crippen molar-refractivity contribution in [2.45, 2.75) is 6.92 Å². The van der Waals surface area contributed by atoms with Gasteiger partial charge in [-0.1, -0.05) is 18.2 Å². The highest BCUT2D eigenvalue weighted by atomic mass is 32.1. The van der Waals surface area contributed by atoms with E-state index in [9.17, 15) is 14.9 Å². The number of nitrogens with zero attached hydrogens (tertiary/aromatic N) is 3. The average Bonchev–Trinajstić information content (AvgIpc) is 3.27. The number of carbonyl (C=O) groups excluding carboxylic acids is 1. The summed E-state index contributed by atoms with van der Waals surface area (Å²) < 4.78 is 1.84. The van der Waals surface area contributed by atoms with Crippen LogP contribution < -0.4 is 10.2 Å². The maximum absolute atomic E-state index is 13.0. The molecular formula is C21H16N4O3S. The number of nitro groups is 1. The van der Waals surface area contributed by atoms with Crippen molar-refractivity contribution in [3.8, 4) is 5.69 Å². The second-order valence-corrected chi connectivity index (χ2v) is 6.88. The summed E-state index contributed by atoms with van der Waals surface area (Å²) in [6.07, 6.45) is 3.54. The number of hydrogen-bond acceptors (Lipinski definition) is 4. The second kappa shape index (κ2) is 7.33. The number of aryl methyl sites for hydroxylation is 1. The van der Waals surface area contributed by atoms with Crippen LogP contribution in [0.2, 0.25) is 0 Å². The largest absolute Gasteiger partial charge is 0.327 e. The highest BCUT2D eigenvalue weighted by Crippen LogP contribution is 2.26. The maximum atomic E-state index is 13.0. The molecule has 0 radical (unpaired) electrons. The van der Waals surface area contributed by atoms with E-state index in [0.29, 0.717) is 10.8 Å². The van der Waals surface area contributed by atoms with Gasteiger partial charge in [-0.05, 0) is 61.1 Å². The minimum atomic E-state index is -0.440. The second-order valence-electron chi connectivity index (χ2n) is 6.49. The molecule has 29 heavy (non-hydrogen) atoms. The fourth-order valence-corrected chi connectivity index (χ4v) is 3.49. The third kappa shape index (κ3) is 3.41. The lowest BCUT2D eigenvalue weighted by molar-refractivity contribution is -0.384. The number of non-ortho nitro benzene ring substituents is 1. The van der Waals surface area contributed by atoms with Crippen molar-refractivity contribution in [3.05, 3.63) is 93.9 Å². The van der Waals surface area contributed by atoms with Gasteiger partial charge in [-0.25, -0.2) is 0 Å². The lowest BCUT2D eigenvalue weighted by Crippen LogP contribution is -2.30. The van der Waals surface area contributed by atoms with E-state index in [4.69, 9.17) is 12.2 Å². The molecule has 0 unspecified atom stereocenters. The minimum Gasteiger partial charge on any atom is -0.327 e. The van der Waals surface area contributed by atoms with Crippen LogP contribution in [0.1, 0.15) is 11.3 Å². The first-order chi connectivity index (χ1) is 14.0. The number of rotatable bonds is 4. The van der Waals surface area contributed by atoms with Gasteiger partial charge in [-0.2, -0.15) is 0 Å². The van der Waals surface area contributed by atoms with Gasteiger partial charge in [0, 0.05) is 29.7 Å². The Hall–Kier alpha value is -3.78. The fourth-order valence-electron chi connectivity index (χ4n) is 3.20. The van der Waals surface area contributed by atoms with Gasteiger partial charge < -0.3 is 9.88 Å². The minimum absolute atomic E-state index is 0.0210. The van der Waals surface area contributed by atoms with Crippen molar-refractivity contribution >= 4 is 40.7 Å². The molecule has 4 rings (SSSR count). The normalized spacial score (nSPS) is 15.1. The molecule has 0 spiro atoms. The van der Waals surface area contributed by atoms with Gasteiger partial charge in [0.25, 0.3) is 11.6 Å². The number of anilines is 1. The van der Waals surface area contributed by atoms with E-state index in [1.165, 1.54) is 17.0 Å². The van der Waals surface area contributed by atoms with Crippen molar-refractivity contribution in [2.24, 2.45) is 0 Å². The molecule has 1 saturated heterocycles. The van der Waals surface area contributed by atoms with Crippen molar-refractivity contribution in [1.29, 1.82) is 0 Å². The number of aromatic nitrogens is 1. The first-order valence-electron chi connectivity index (χ1n) is 8.80. The summed E-state index contributed by atoms with van der Waals surface area (Å²) in [6, 6.07) is 17.4. The zero-order valence-electron chi connectivity index (χ0n) is 15.4. The van der Waals surface area contributed by atoms with Crippen LogP contribution in [0.5, 0.6) is 0 Å². The van der Waals surface area contributed by atoms with Crippen molar-refractivity contribution in [3.63, 3.8) is 0 Å². The molecule has 1 fully saturated rings. The van der Waals surface area contributed by atoms with Gasteiger partial charge in [0.15, 0.2) is 5.11 Å². The Morgan fingerprint density at radius 1 is 1.07 bits per heavy atom. The number of benzene rings is 2. The van der Waals surface area contributed by atoms with Crippen LogP contribution in [-0.2, 0) is 4.79 Å². The van der Waals surface area contributed by atoms with E-state index in [2.05, 4.69) is 5.32 Å². The number of thiocarbonyl (C=S) groups is 1. The smallest absolute Gasteiger partial charge is 0.281 e. The molecule has 1 aromatic heterocycles. The molecule has 144 valence electrons. The van der Waals surface area contributed by atoms with Gasteiger partial charge in [0.05, 0.1) is 10.6 Å². The van der Waals surface area contributed by atoms with Crippen LogP contribution in [0.4, 0.5) is 11.4 Å². The Bertz CT molecular complexity index is 1160. The summed E-state index contributed by atoms with van der Waals surface area (Å²) in [5.41, 5.74) is 3.55. The fraction of sp³-hybridized carbons (Fsp3) is 0.0476. The average molecular weight is 404 g/mol. The molecule has 1 N–H and O–H groups in total. The van der Waals surface area contributed by atoms with Crippen molar-refractivity contribution < 1.29 is 9.72 Å². The molecule has 1 aliphatic heterocycles. The Labute approximate surface area is 172 Å². The molecule has 2 aromatic carbocycles. The highest BCUT2D eigenvalue weighted by molar-refractivity contribution is 7.80. The van der Waals surface area contributed by atoms with E-state index in [1.54, 1.807) is 18.2 Å². The Morgan fingerprint density at radius 2 is 1.79 bits per heavy atom. The van der Waals surface area contributed by atoms with Crippen LogP contribution in [0, 0.1) is 17.0 Å². The van der Waals surface area contributed by atoms with E-state index in [-0.39, 0.29) is 11.6 Å². The summed E-state index contributed by atoms with van der Waals surface area (Å²) in [5.74, 6) is -0.235. The van der Waals surface area contributed by atoms with Gasteiger partial charge in [0.1, 0.15) is 5.70 Å². The Balaban J connectivity index is 1.67. The van der Waals surface area contributed by atoms with Crippen LogP contribution in [0.15, 0.2) is 72.6 Å². The van der Waals surface area contributed by atoms with Gasteiger partial charge >= 0.3 is 0 Å². The van der Waals surface area contributed by atoms with Gasteiger partial charge in [0.2, 0.25) is 0 Å². The maximum Gasteiger partial charge on any atom is 0.281 e. The first-order valence-corrected chi connectivity index (χ1v) is 9.21. The molecule has 1 amide bonds. The molecule has 2 heterocycles. The number of nitro benzene ring substituents is 1. The Kier molecular flexibility index (Phi) is 4.69. The molecule has 0 saturated carbocycles. The quantitative estimate of drug-likeness (QED) is 0.308. The molecular weight excluding hydrogens is 388 g/mol. The molecule has 7 nitrogen and oxygen atoms in total. The molecule has 8 heteroatoms. The van der Waals surface area contributed by atoms with Gasteiger partial charge in [-0.15, -0.1) is 0 Å². The molecule has 1 aliphatic rings. The number of para-hydroxylation sites is 1. The van der Waals surface area contributed by atoms with Crippen LogP contribution >= 0.6 is 12.2 Å². The van der Waals surface area contributed by atoms with Crippen LogP contribution in [-0.4, -0.2) is 20.5 Å². The number of hydrogen-bond donors (Lipinski definition) is 1. The number of carbonyl (C=O) groups is 1. The molecule has 3 aromatic rings. The summed E-state index contributed by atoms with van der Waals surface area (Å²) in [7, 11) is 0. The van der Waals surface area contributed by atoms with E-state index in [0.717, 1.165) is 22.6 Å². The third-order valence-electron chi connectivity index (χ3n) is 4.65. The zero-order valence-corrected chi connectivity index (χ0v) is 16.2. The zero-order chi connectivity index (χ0) is 20.5. The van der Waals surface area contributed by atoms with Gasteiger partial charge in [-0.3, -0.25) is 19.8 Å².